The predicted octanol–water partition coefficient (Wildman–Crippen LogP) is -0.129. The molecule has 0 aliphatic carbocycles. The second kappa shape index (κ2) is 4.59. The largest absolute Gasteiger partial charge is 0.481 e. The summed E-state index contributed by atoms with van der Waals surface area (Å²) in [4.78, 5) is 21.9. The lowest BCUT2D eigenvalue weighted by molar-refractivity contribution is -0.140. The summed E-state index contributed by atoms with van der Waals surface area (Å²) in [5.74, 6) is -1.89. The molecule has 0 aliphatic heterocycles. The molecule has 0 aliphatic rings. The number of carbonyl (C=O) groups excluding carboxylic acids is 1. The summed E-state index contributed by atoms with van der Waals surface area (Å²) >= 11 is 0. The molecular formula is C9H13N3O3. The van der Waals surface area contributed by atoms with Crippen LogP contribution in [-0.2, 0) is 11.8 Å². The number of nitrogens with zero attached hydrogens (tertiary/aromatic N) is 2. The molecule has 15 heavy (non-hydrogen) atoms. The third-order valence-corrected chi connectivity index (χ3v) is 1.94. The van der Waals surface area contributed by atoms with E-state index in [0.717, 1.165) is 0 Å². The Kier molecular flexibility index (Phi) is 3.43. The zero-order chi connectivity index (χ0) is 11.4. The van der Waals surface area contributed by atoms with Crippen molar-refractivity contribution in [2.24, 2.45) is 13.0 Å². The Bertz CT molecular complexity index is 372. The fourth-order valence-electron chi connectivity index (χ4n) is 0.960. The average molecular weight is 211 g/mol. The van der Waals surface area contributed by atoms with Crippen molar-refractivity contribution in [1.29, 1.82) is 0 Å². The molecule has 0 bridgehead atoms. The first-order valence-electron chi connectivity index (χ1n) is 4.51. The maximum absolute atomic E-state index is 11.4. The summed E-state index contributed by atoms with van der Waals surface area (Å²) in [5.41, 5.74) is 0.287. The smallest absolute Gasteiger partial charge is 0.308 e. The van der Waals surface area contributed by atoms with Gasteiger partial charge in [0, 0.05) is 19.8 Å². The van der Waals surface area contributed by atoms with Crippen molar-refractivity contribution < 1.29 is 14.7 Å². The molecule has 82 valence electrons. The van der Waals surface area contributed by atoms with E-state index in [-0.39, 0.29) is 18.1 Å². The minimum atomic E-state index is -0.934. The highest BCUT2D eigenvalue weighted by molar-refractivity contribution is 5.92. The number of carbonyl (C=O) groups is 2. The maximum atomic E-state index is 11.4. The van der Waals surface area contributed by atoms with E-state index in [0.29, 0.717) is 0 Å². The van der Waals surface area contributed by atoms with E-state index in [1.54, 1.807) is 19.3 Å². The van der Waals surface area contributed by atoms with Crippen LogP contribution in [0.4, 0.5) is 0 Å². The number of hydrogen-bond acceptors (Lipinski definition) is 3. The van der Waals surface area contributed by atoms with Crippen molar-refractivity contribution in [2.75, 3.05) is 6.54 Å². The highest BCUT2D eigenvalue weighted by Gasteiger charge is 2.14. The normalized spacial score (nSPS) is 12.1. The Balaban J connectivity index is 2.47. The minimum absolute atomic E-state index is 0.102. The third kappa shape index (κ3) is 3.08. The van der Waals surface area contributed by atoms with Crippen LogP contribution >= 0.6 is 0 Å². The van der Waals surface area contributed by atoms with Gasteiger partial charge in [-0.1, -0.05) is 6.92 Å². The van der Waals surface area contributed by atoms with Crippen molar-refractivity contribution in [1.82, 2.24) is 15.1 Å². The van der Waals surface area contributed by atoms with E-state index in [1.807, 2.05) is 0 Å². The fourth-order valence-corrected chi connectivity index (χ4v) is 0.960. The molecule has 0 radical (unpaired) electrons. The van der Waals surface area contributed by atoms with Gasteiger partial charge in [0.05, 0.1) is 5.92 Å². The van der Waals surface area contributed by atoms with Crippen LogP contribution in [0.5, 0.6) is 0 Å². The van der Waals surface area contributed by atoms with Crippen LogP contribution < -0.4 is 5.32 Å². The summed E-state index contributed by atoms with van der Waals surface area (Å²) in [6.45, 7) is 1.63. The van der Waals surface area contributed by atoms with E-state index >= 15 is 0 Å². The molecule has 0 saturated heterocycles. The first kappa shape index (κ1) is 11.2. The Morgan fingerprint density at radius 2 is 2.33 bits per heavy atom. The van der Waals surface area contributed by atoms with Crippen LogP contribution in [0.3, 0.4) is 0 Å². The first-order valence-corrected chi connectivity index (χ1v) is 4.51. The zero-order valence-corrected chi connectivity index (χ0v) is 8.60. The molecular weight excluding hydrogens is 198 g/mol. The number of hydrogen-bond donors (Lipinski definition) is 2. The molecule has 1 unspecified atom stereocenters. The number of aliphatic carboxylic acids is 1. The van der Waals surface area contributed by atoms with Crippen molar-refractivity contribution >= 4 is 11.9 Å². The highest BCUT2D eigenvalue weighted by Crippen LogP contribution is 1.96. The van der Waals surface area contributed by atoms with Crippen LogP contribution in [0.15, 0.2) is 12.3 Å². The van der Waals surface area contributed by atoms with Crippen LogP contribution in [0.1, 0.15) is 17.4 Å². The van der Waals surface area contributed by atoms with Gasteiger partial charge in [-0.2, -0.15) is 5.10 Å². The van der Waals surface area contributed by atoms with Gasteiger partial charge in [-0.3, -0.25) is 14.3 Å². The Morgan fingerprint density at radius 3 is 2.80 bits per heavy atom. The van der Waals surface area contributed by atoms with Gasteiger partial charge >= 0.3 is 5.97 Å². The van der Waals surface area contributed by atoms with Gasteiger partial charge in [-0.15, -0.1) is 0 Å². The Labute approximate surface area is 86.9 Å². The lowest BCUT2D eigenvalue weighted by atomic mass is 10.2. The standard InChI is InChI=1S/C9H13N3O3/c1-6(9(14)15)5-10-8(13)7-3-4-12(2)11-7/h3-4,6H,5H2,1-2H3,(H,10,13)(H,14,15). The van der Waals surface area contributed by atoms with Gasteiger partial charge in [0.2, 0.25) is 0 Å². The van der Waals surface area contributed by atoms with Crippen LogP contribution in [0.25, 0.3) is 0 Å². The summed E-state index contributed by atoms with van der Waals surface area (Å²) in [6.07, 6.45) is 1.65. The number of rotatable bonds is 4. The van der Waals surface area contributed by atoms with E-state index in [9.17, 15) is 9.59 Å². The Morgan fingerprint density at radius 1 is 1.67 bits per heavy atom. The maximum Gasteiger partial charge on any atom is 0.308 e. The van der Waals surface area contributed by atoms with Gasteiger partial charge in [-0.05, 0) is 6.07 Å². The SMILES string of the molecule is CC(CNC(=O)c1ccn(C)n1)C(=O)O. The number of aryl methyl sites for hydroxylation is 1. The van der Waals surface area contributed by atoms with Gasteiger partial charge in [0.25, 0.3) is 5.91 Å². The monoisotopic (exact) mass is 211 g/mol. The zero-order valence-electron chi connectivity index (χ0n) is 8.60. The van der Waals surface area contributed by atoms with Crippen LogP contribution in [0, 0.1) is 5.92 Å². The molecule has 0 fully saturated rings. The molecule has 1 atom stereocenters. The quantitative estimate of drug-likeness (QED) is 0.726. The Hall–Kier alpha value is -1.85. The van der Waals surface area contributed by atoms with Crippen LogP contribution in [0.2, 0.25) is 0 Å². The number of carboxylic acids is 1. The van der Waals surface area contributed by atoms with E-state index in [4.69, 9.17) is 5.11 Å². The van der Waals surface area contributed by atoms with Crippen molar-refractivity contribution in [3.8, 4) is 0 Å². The summed E-state index contributed by atoms with van der Waals surface area (Å²) < 4.78 is 1.51. The van der Waals surface area contributed by atoms with E-state index in [1.165, 1.54) is 11.6 Å². The van der Waals surface area contributed by atoms with Gasteiger partial charge in [0.15, 0.2) is 0 Å². The molecule has 0 aromatic carbocycles. The molecule has 6 heteroatoms. The minimum Gasteiger partial charge on any atom is -0.481 e. The van der Waals surface area contributed by atoms with Gasteiger partial charge in [-0.25, -0.2) is 0 Å². The lowest BCUT2D eigenvalue weighted by Crippen LogP contribution is -2.31. The fraction of sp³-hybridized carbons (Fsp3) is 0.444. The number of aromatic nitrogens is 2. The molecule has 1 heterocycles. The van der Waals surface area contributed by atoms with E-state index < -0.39 is 11.9 Å². The molecule has 2 N–H and O–H groups in total. The molecule has 0 saturated carbocycles. The predicted molar refractivity (Wildman–Crippen MR) is 52.3 cm³/mol. The second-order valence-electron chi connectivity index (χ2n) is 3.32. The van der Waals surface area contributed by atoms with Gasteiger partial charge in [0.1, 0.15) is 5.69 Å². The second-order valence-corrected chi connectivity index (χ2v) is 3.32. The molecule has 1 aromatic heterocycles. The van der Waals surface area contributed by atoms with Crippen molar-refractivity contribution in [3.05, 3.63) is 18.0 Å². The number of nitrogens with one attached hydrogen (secondary N) is 1. The highest BCUT2D eigenvalue weighted by atomic mass is 16.4. The summed E-state index contributed by atoms with van der Waals surface area (Å²) in [6, 6.07) is 1.57. The molecule has 6 nitrogen and oxygen atoms in total. The lowest BCUT2D eigenvalue weighted by Gasteiger charge is -2.06. The van der Waals surface area contributed by atoms with E-state index in [2.05, 4.69) is 10.4 Å². The first-order chi connectivity index (χ1) is 7.00. The summed E-state index contributed by atoms with van der Waals surface area (Å²) in [7, 11) is 1.71. The molecule has 1 aromatic rings. The number of carboxylic acid groups (broad SMARTS) is 1. The molecule has 1 amide bonds. The van der Waals surface area contributed by atoms with Crippen molar-refractivity contribution in [2.45, 2.75) is 6.92 Å². The third-order valence-electron chi connectivity index (χ3n) is 1.94. The number of amides is 1. The summed E-state index contributed by atoms with van der Waals surface area (Å²) in [5, 5.41) is 15.0. The van der Waals surface area contributed by atoms with Crippen molar-refractivity contribution in [3.63, 3.8) is 0 Å². The molecule has 0 spiro atoms. The van der Waals surface area contributed by atoms with Crippen LogP contribution in [-0.4, -0.2) is 33.3 Å². The molecule has 1 rings (SSSR count). The average Bonchev–Trinajstić information content (AvgIpc) is 2.60. The van der Waals surface area contributed by atoms with Gasteiger partial charge < -0.3 is 10.4 Å². The topological polar surface area (TPSA) is 84.2 Å².